The molecule has 2 aromatic carbocycles. The highest BCUT2D eigenvalue weighted by Gasteiger charge is 2.05. The molecule has 128 valence electrons. The van der Waals surface area contributed by atoms with Gasteiger partial charge in [0, 0.05) is 23.0 Å². The monoisotopic (exact) mass is 356 g/mol. The van der Waals surface area contributed by atoms with Crippen molar-refractivity contribution < 1.29 is 9.53 Å². The van der Waals surface area contributed by atoms with Gasteiger partial charge in [0.15, 0.2) is 5.82 Å². The standard InChI is InChI=1S/C18H17ClN4O2/c19-14-6-8-15(9-7-14)20-18(24)21-17-10-11-23(22-17)12-13-25-16-4-2-1-3-5-16/h1-11H,12-13H2,(H2,20,21,22,24). The third-order valence-electron chi connectivity index (χ3n) is 3.32. The number of carbonyl (C=O) groups is 1. The van der Waals surface area contributed by atoms with Gasteiger partial charge in [-0.15, -0.1) is 0 Å². The summed E-state index contributed by atoms with van der Waals surface area (Å²) >= 11 is 5.81. The largest absolute Gasteiger partial charge is 0.492 e. The molecule has 0 unspecified atom stereocenters. The minimum absolute atomic E-state index is 0.367. The maximum Gasteiger partial charge on any atom is 0.324 e. The predicted octanol–water partition coefficient (Wildman–Crippen LogP) is 4.26. The van der Waals surface area contributed by atoms with Gasteiger partial charge in [0.2, 0.25) is 0 Å². The smallest absolute Gasteiger partial charge is 0.324 e. The van der Waals surface area contributed by atoms with Gasteiger partial charge in [0.1, 0.15) is 12.4 Å². The summed E-state index contributed by atoms with van der Waals surface area (Å²) in [6.07, 6.45) is 1.78. The van der Waals surface area contributed by atoms with Crippen molar-refractivity contribution in [1.29, 1.82) is 0 Å². The minimum atomic E-state index is -0.367. The molecule has 1 aromatic heterocycles. The first-order chi connectivity index (χ1) is 12.2. The number of carbonyl (C=O) groups excluding carboxylic acids is 1. The molecule has 7 heteroatoms. The van der Waals surface area contributed by atoms with Crippen molar-refractivity contribution in [2.45, 2.75) is 6.54 Å². The Morgan fingerprint density at radius 3 is 2.56 bits per heavy atom. The Balaban J connectivity index is 1.46. The Morgan fingerprint density at radius 1 is 1.04 bits per heavy atom. The summed E-state index contributed by atoms with van der Waals surface area (Å²) in [5.74, 6) is 1.28. The Labute approximate surface area is 150 Å². The lowest BCUT2D eigenvalue weighted by molar-refractivity contribution is 0.262. The molecule has 0 fully saturated rings. The van der Waals surface area contributed by atoms with E-state index in [9.17, 15) is 4.79 Å². The SMILES string of the molecule is O=C(Nc1ccc(Cl)cc1)Nc1ccn(CCOc2ccccc2)n1. The summed E-state index contributed by atoms with van der Waals surface area (Å²) in [7, 11) is 0. The molecule has 0 spiro atoms. The number of amides is 2. The van der Waals surface area contributed by atoms with Gasteiger partial charge in [-0.05, 0) is 36.4 Å². The topological polar surface area (TPSA) is 68.2 Å². The van der Waals surface area contributed by atoms with Crippen molar-refractivity contribution in [2.75, 3.05) is 17.2 Å². The average molecular weight is 357 g/mol. The number of ether oxygens (including phenoxy) is 1. The Bertz CT molecular complexity index is 819. The van der Waals surface area contributed by atoms with Crippen LogP contribution < -0.4 is 15.4 Å². The molecule has 0 aliphatic carbocycles. The Hall–Kier alpha value is -2.99. The van der Waals surface area contributed by atoms with Crippen LogP contribution >= 0.6 is 11.6 Å². The highest BCUT2D eigenvalue weighted by Crippen LogP contribution is 2.14. The number of benzene rings is 2. The van der Waals surface area contributed by atoms with Crippen LogP contribution in [0.3, 0.4) is 0 Å². The maximum absolute atomic E-state index is 11.9. The quantitative estimate of drug-likeness (QED) is 0.693. The van der Waals surface area contributed by atoms with E-state index >= 15 is 0 Å². The summed E-state index contributed by atoms with van der Waals surface area (Å²) in [6, 6.07) is 17.8. The van der Waals surface area contributed by atoms with Gasteiger partial charge in [0.05, 0.1) is 6.54 Å². The van der Waals surface area contributed by atoms with Gasteiger partial charge in [0.25, 0.3) is 0 Å². The van der Waals surface area contributed by atoms with Crippen molar-refractivity contribution >= 4 is 29.1 Å². The zero-order chi connectivity index (χ0) is 17.5. The number of anilines is 2. The van der Waals surface area contributed by atoms with Crippen LogP contribution in [-0.4, -0.2) is 22.4 Å². The third kappa shape index (κ3) is 5.26. The van der Waals surface area contributed by atoms with Crippen LogP contribution in [0.2, 0.25) is 5.02 Å². The van der Waals surface area contributed by atoms with Crippen molar-refractivity contribution in [3.05, 3.63) is 71.9 Å². The molecule has 0 aliphatic heterocycles. The average Bonchev–Trinajstić information content (AvgIpc) is 3.05. The van der Waals surface area contributed by atoms with E-state index in [4.69, 9.17) is 16.3 Å². The molecular weight excluding hydrogens is 340 g/mol. The zero-order valence-electron chi connectivity index (χ0n) is 13.4. The lowest BCUT2D eigenvalue weighted by Crippen LogP contribution is -2.20. The molecule has 0 saturated carbocycles. The van der Waals surface area contributed by atoms with E-state index in [-0.39, 0.29) is 6.03 Å². The predicted molar refractivity (Wildman–Crippen MR) is 98.3 cm³/mol. The Kier molecular flexibility index (Phi) is 5.53. The fourth-order valence-electron chi connectivity index (χ4n) is 2.14. The van der Waals surface area contributed by atoms with Crippen LogP contribution in [0.1, 0.15) is 0 Å². The van der Waals surface area contributed by atoms with Crippen molar-refractivity contribution in [2.24, 2.45) is 0 Å². The van der Waals surface area contributed by atoms with Crippen LogP contribution in [0.25, 0.3) is 0 Å². The van der Waals surface area contributed by atoms with Crippen LogP contribution in [0.4, 0.5) is 16.3 Å². The van der Waals surface area contributed by atoms with E-state index in [2.05, 4.69) is 15.7 Å². The second-order valence-electron chi connectivity index (χ2n) is 5.21. The maximum atomic E-state index is 11.9. The molecule has 3 aromatic rings. The summed E-state index contributed by atoms with van der Waals surface area (Å²) in [5, 5.41) is 10.3. The number of nitrogens with zero attached hydrogens (tertiary/aromatic N) is 2. The van der Waals surface area contributed by atoms with E-state index in [1.165, 1.54) is 0 Å². The number of aromatic nitrogens is 2. The Morgan fingerprint density at radius 2 is 1.80 bits per heavy atom. The van der Waals surface area contributed by atoms with Crippen LogP contribution in [0.5, 0.6) is 5.75 Å². The van der Waals surface area contributed by atoms with Crippen LogP contribution in [0, 0.1) is 0 Å². The van der Waals surface area contributed by atoms with E-state index in [0.717, 1.165) is 5.75 Å². The molecule has 0 radical (unpaired) electrons. The highest BCUT2D eigenvalue weighted by molar-refractivity contribution is 6.30. The summed E-state index contributed by atoms with van der Waals surface area (Å²) in [4.78, 5) is 11.9. The summed E-state index contributed by atoms with van der Waals surface area (Å²) < 4.78 is 7.33. The zero-order valence-corrected chi connectivity index (χ0v) is 14.1. The van der Waals surface area contributed by atoms with E-state index in [1.807, 2.05) is 30.3 Å². The highest BCUT2D eigenvalue weighted by atomic mass is 35.5. The molecule has 2 N–H and O–H groups in total. The lowest BCUT2D eigenvalue weighted by atomic mass is 10.3. The molecule has 1 heterocycles. The minimum Gasteiger partial charge on any atom is -0.492 e. The number of urea groups is 1. The molecule has 0 atom stereocenters. The first kappa shape index (κ1) is 16.9. The molecule has 0 saturated heterocycles. The molecule has 3 rings (SSSR count). The van der Waals surface area contributed by atoms with Gasteiger partial charge >= 0.3 is 6.03 Å². The van der Waals surface area contributed by atoms with E-state index in [0.29, 0.717) is 29.7 Å². The lowest BCUT2D eigenvalue weighted by Gasteiger charge is -2.06. The molecular formula is C18H17ClN4O2. The molecule has 0 aliphatic rings. The molecule has 2 amide bonds. The number of hydrogen-bond acceptors (Lipinski definition) is 3. The summed E-state index contributed by atoms with van der Waals surface area (Å²) in [5.41, 5.74) is 0.651. The van der Waals surface area contributed by atoms with Crippen molar-refractivity contribution in [3.8, 4) is 5.75 Å². The van der Waals surface area contributed by atoms with Crippen LogP contribution in [0.15, 0.2) is 66.9 Å². The van der Waals surface area contributed by atoms with Gasteiger partial charge in [-0.3, -0.25) is 10.00 Å². The van der Waals surface area contributed by atoms with Gasteiger partial charge in [-0.1, -0.05) is 29.8 Å². The second kappa shape index (κ2) is 8.21. The molecule has 25 heavy (non-hydrogen) atoms. The van der Waals surface area contributed by atoms with Crippen molar-refractivity contribution in [1.82, 2.24) is 9.78 Å². The third-order valence-corrected chi connectivity index (χ3v) is 3.57. The summed E-state index contributed by atoms with van der Waals surface area (Å²) in [6.45, 7) is 1.07. The number of rotatable bonds is 6. The number of para-hydroxylation sites is 1. The normalized spacial score (nSPS) is 10.3. The van der Waals surface area contributed by atoms with Crippen molar-refractivity contribution in [3.63, 3.8) is 0 Å². The van der Waals surface area contributed by atoms with Crippen LogP contribution in [-0.2, 0) is 6.54 Å². The molecule has 6 nitrogen and oxygen atoms in total. The molecule has 0 bridgehead atoms. The fraction of sp³-hybridized carbons (Fsp3) is 0.111. The number of hydrogen-bond donors (Lipinski definition) is 2. The van der Waals surface area contributed by atoms with Gasteiger partial charge in [-0.2, -0.15) is 5.10 Å². The van der Waals surface area contributed by atoms with E-state index in [1.54, 1.807) is 41.2 Å². The first-order valence-corrected chi connectivity index (χ1v) is 8.12. The van der Waals surface area contributed by atoms with Gasteiger partial charge < -0.3 is 10.1 Å². The van der Waals surface area contributed by atoms with Gasteiger partial charge in [-0.25, -0.2) is 4.79 Å². The number of halogens is 1. The number of nitrogens with one attached hydrogen (secondary N) is 2. The first-order valence-electron chi connectivity index (χ1n) is 7.74. The fourth-order valence-corrected chi connectivity index (χ4v) is 2.26. The second-order valence-corrected chi connectivity index (χ2v) is 5.65. The van der Waals surface area contributed by atoms with E-state index < -0.39 is 0 Å².